The van der Waals surface area contributed by atoms with Gasteiger partial charge in [-0.1, -0.05) is 20.3 Å². The molecule has 1 aliphatic rings. The Kier molecular flexibility index (Phi) is 10.9. The lowest BCUT2D eigenvalue weighted by Gasteiger charge is -2.15. The monoisotopic (exact) mass is 422 g/mol. The van der Waals surface area contributed by atoms with Crippen LogP contribution in [-0.4, -0.2) is 73.8 Å². The summed E-state index contributed by atoms with van der Waals surface area (Å²) in [5.74, 6) is -0.638. The van der Waals surface area contributed by atoms with Crippen molar-refractivity contribution in [3.63, 3.8) is 0 Å². The van der Waals surface area contributed by atoms with Gasteiger partial charge in [-0.2, -0.15) is 0 Å². The Hall–Kier alpha value is -1.78. The molecule has 0 bridgehead atoms. The third kappa shape index (κ3) is 9.95. The molecular weight excluding hydrogens is 395 g/mol. The summed E-state index contributed by atoms with van der Waals surface area (Å²) in [5, 5.41) is 2.34. The maximum atomic E-state index is 11.6. The first kappa shape index (κ1) is 24.3. The van der Waals surface area contributed by atoms with E-state index in [0.717, 1.165) is 11.3 Å². The Morgan fingerprint density at radius 3 is 2.50 bits per heavy atom. The molecule has 11 nitrogen and oxygen atoms in total. The highest BCUT2D eigenvalue weighted by Crippen LogP contribution is 2.43. The van der Waals surface area contributed by atoms with Crippen LogP contribution in [-0.2, 0) is 32.7 Å². The van der Waals surface area contributed by atoms with Gasteiger partial charge in [-0.25, -0.2) is 9.36 Å². The summed E-state index contributed by atoms with van der Waals surface area (Å²) in [6.07, 6.45) is 2.44. The van der Waals surface area contributed by atoms with Gasteiger partial charge in [-0.3, -0.25) is 23.5 Å². The van der Waals surface area contributed by atoms with E-state index in [0.29, 0.717) is 0 Å². The molecule has 1 aliphatic heterocycles. The molecule has 0 aliphatic carbocycles. The quantitative estimate of drug-likeness (QED) is 0.237. The van der Waals surface area contributed by atoms with Gasteiger partial charge in [0.1, 0.15) is 6.61 Å². The van der Waals surface area contributed by atoms with Crippen molar-refractivity contribution in [2.75, 3.05) is 46.1 Å². The van der Waals surface area contributed by atoms with Crippen molar-refractivity contribution in [2.24, 2.45) is 5.92 Å². The Morgan fingerprint density at radius 1 is 1.18 bits per heavy atom. The van der Waals surface area contributed by atoms with Crippen molar-refractivity contribution < 1.29 is 42.4 Å². The number of imide groups is 1. The van der Waals surface area contributed by atoms with E-state index in [1.54, 1.807) is 0 Å². The summed E-state index contributed by atoms with van der Waals surface area (Å²) in [4.78, 5) is 44.5. The van der Waals surface area contributed by atoms with Crippen LogP contribution in [0.15, 0.2) is 12.2 Å². The lowest BCUT2D eigenvalue weighted by atomic mass is 10.1. The topological polar surface area (TPSA) is 141 Å². The third-order valence-electron chi connectivity index (χ3n) is 3.67. The largest absolute Gasteiger partial charge is 0.472 e. The smallest absolute Gasteiger partial charge is 0.447 e. The Bertz CT molecular complexity index is 593. The minimum absolute atomic E-state index is 0.0383. The van der Waals surface area contributed by atoms with Crippen LogP contribution in [0.25, 0.3) is 0 Å². The molecule has 0 fully saturated rings. The van der Waals surface area contributed by atoms with Crippen molar-refractivity contribution >= 4 is 25.7 Å². The minimum atomic E-state index is -4.14. The number of nitrogens with zero attached hydrogens (tertiary/aromatic N) is 1. The van der Waals surface area contributed by atoms with Gasteiger partial charge in [0.25, 0.3) is 11.8 Å². The van der Waals surface area contributed by atoms with E-state index in [2.05, 4.69) is 5.32 Å². The zero-order chi connectivity index (χ0) is 21.0. The van der Waals surface area contributed by atoms with Gasteiger partial charge in [0.05, 0.1) is 33.0 Å². The second kappa shape index (κ2) is 12.6. The first-order chi connectivity index (χ1) is 13.2. The highest BCUT2D eigenvalue weighted by molar-refractivity contribution is 7.47. The van der Waals surface area contributed by atoms with E-state index in [1.165, 1.54) is 12.2 Å². The molecule has 0 saturated carbocycles. The summed E-state index contributed by atoms with van der Waals surface area (Å²) < 4.78 is 31.1. The number of hydrogen-bond donors (Lipinski definition) is 2. The summed E-state index contributed by atoms with van der Waals surface area (Å²) in [5.41, 5.74) is 0. The fourth-order valence-electron chi connectivity index (χ4n) is 1.84. The summed E-state index contributed by atoms with van der Waals surface area (Å²) in [7, 11) is -4.14. The molecule has 0 spiro atoms. The highest BCUT2D eigenvalue weighted by atomic mass is 31.2. The van der Waals surface area contributed by atoms with Gasteiger partial charge < -0.3 is 19.7 Å². The van der Waals surface area contributed by atoms with Gasteiger partial charge >= 0.3 is 13.9 Å². The first-order valence-corrected chi connectivity index (χ1v) is 10.4. The van der Waals surface area contributed by atoms with Crippen molar-refractivity contribution in [2.45, 2.75) is 20.3 Å². The Labute approximate surface area is 163 Å². The van der Waals surface area contributed by atoms with Crippen molar-refractivity contribution in [1.29, 1.82) is 0 Å². The number of alkyl carbamates (subject to hydrolysis) is 1. The van der Waals surface area contributed by atoms with E-state index in [4.69, 9.17) is 18.5 Å². The fourth-order valence-corrected chi connectivity index (χ4v) is 2.68. The molecule has 0 saturated heterocycles. The molecule has 12 heteroatoms. The zero-order valence-electron chi connectivity index (χ0n) is 16.0. The SMILES string of the molecule is CCC(C)COP(=O)(O)OCCNC(=O)OCCOCCN1C(=O)C=CC1=O. The van der Waals surface area contributed by atoms with Gasteiger partial charge in [-0.15, -0.1) is 0 Å². The number of phosphoric acid groups is 1. The van der Waals surface area contributed by atoms with Crippen LogP contribution in [0.4, 0.5) is 4.79 Å². The van der Waals surface area contributed by atoms with Crippen LogP contribution in [0.3, 0.4) is 0 Å². The lowest BCUT2D eigenvalue weighted by Crippen LogP contribution is -2.33. The van der Waals surface area contributed by atoms with Crippen molar-refractivity contribution in [1.82, 2.24) is 10.2 Å². The average molecular weight is 422 g/mol. The number of ether oxygens (including phenoxy) is 2. The number of hydrogen-bond acceptors (Lipinski definition) is 8. The van der Waals surface area contributed by atoms with E-state index in [9.17, 15) is 23.8 Å². The molecule has 3 amide bonds. The number of nitrogens with one attached hydrogen (secondary N) is 1. The molecule has 28 heavy (non-hydrogen) atoms. The Balaban J connectivity index is 2.00. The van der Waals surface area contributed by atoms with E-state index >= 15 is 0 Å². The molecule has 0 radical (unpaired) electrons. The summed E-state index contributed by atoms with van der Waals surface area (Å²) >= 11 is 0. The summed E-state index contributed by atoms with van der Waals surface area (Å²) in [6.45, 7) is 3.96. The van der Waals surface area contributed by atoms with Crippen LogP contribution >= 0.6 is 7.82 Å². The normalized spacial score (nSPS) is 16.9. The predicted octanol–water partition coefficient (Wildman–Crippen LogP) is 0.834. The van der Waals surface area contributed by atoms with Crippen LogP contribution in [0.1, 0.15) is 20.3 Å². The van der Waals surface area contributed by atoms with Crippen molar-refractivity contribution in [3.8, 4) is 0 Å². The van der Waals surface area contributed by atoms with Crippen LogP contribution in [0, 0.1) is 5.92 Å². The van der Waals surface area contributed by atoms with E-state index in [-0.39, 0.29) is 63.9 Å². The molecule has 1 rings (SSSR count). The number of carbonyl (C=O) groups excluding carboxylic acids is 3. The minimum Gasteiger partial charge on any atom is -0.447 e. The molecule has 2 atom stereocenters. The second-order valence-corrected chi connectivity index (χ2v) is 7.40. The fraction of sp³-hybridized carbons (Fsp3) is 0.688. The summed E-state index contributed by atoms with van der Waals surface area (Å²) in [6, 6.07) is 0. The molecule has 2 unspecified atom stereocenters. The first-order valence-electron chi connectivity index (χ1n) is 8.89. The molecule has 2 N–H and O–H groups in total. The molecule has 0 aromatic rings. The molecule has 160 valence electrons. The second-order valence-electron chi connectivity index (χ2n) is 5.95. The maximum absolute atomic E-state index is 11.6. The number of amides is 3. The van der Waals surface area contributed by atoms with Crippen molar-refractivity contribution in [3.05, 3.63) is 12.2 Å². The van der Waals surface area contributed by atoms with Gasteiger partial charge in [0.15, 0.2) is 0 Å². The molecule has 1 heterocycles. The van der Waals surface area contributed by atoms with Gasteiger partial charge in [-0.05, 0) is 5.92 Å². The van der Waals surface area contributed by atoms with E-state index < -0.39 is 13.9 Å². The van der Waals surface area contributed by atoms with Crippen LogP contribution in [0.5, 0.6) is 0 Å². The van der Waals surface area contributed by atoms with Crippen LogP contribution in [0.2, 0.25) is 0 Å². The van der Waals surface area contributed by atoms with E-state index in [1.807, 2.05) is 13.8 Å². The zero-order valence-corrected chi connectivity index (χ0v) is 16.9. The van der Waals surface area contributed by atoms with Crippen LogP contribution < -0.4 is 5.32 Å². The highest BCUT2D eigenvalue weighted by Gasteiger charge is 2.23. The third-order valence-corrected chi connectivity index (χ3v) is 4.65. The number of carbonyl (C=O) groups is 3. The maximum Gasteiger partial charge on any atom is 0.472 e. The van der Waals surface area contributed by atoms with Gasteiger partial charge in [0.2, 0.25) is 0 Å². The molecular formula is C16H27N2O9P. The number of phosphoric ester groups is 1. The number of rotatable bonds is 14. The lowest BCUT2D eigenvalue weighted by molar-refractivity contribution is -0.137. The predicted molar refractivity (Wildman–Crippen MR) is 97.2 cm³/mol. The average Bonchev–Trinajstić information content (AvgIpc) is 2.97. The molecule has 0 aromatic carbocycles. The standard InChI is InChI=1S/C16H27N2O9P/c1-3-13(2)12-27-28(22,23)26-8-6-17-16(21)25-11-10-24-9-7-18-14(19)4-5-15(18)20/h4-5,13H,3,6-12H2,1-2H3,(H,17,21)(H,22,23). The van der Waals surface area contributed by atoms with Gasteiger partial charge in [0, 0.05) is 18.7 Å². The Morgan fingerprint density at radius 2 is 1.86 bits per heavy atom. The molecule has 0 aromatic heterocycles.